The Morgan fingerprint density at radius 3 is 1.53 bits per heavy atom. The molecule has 0 aliphatic rings. The first-order valence-corrected chi connectivity index (χ1v) is 7.82. The second kappa shape index (κ2) is 6.98. The summed E-state index contributed by atoms with van der Waals surface area (Å²) in [5.41, 5.74) is 3.89. The number of phenols is 1. The summed E-state index contributed by atoms with van der Waals surface area (Å²) < 4.78 is 0. The summed E-state index contributed by atoms with van der Waals surface area (Å²) in [6.07, 6.45) is 3.33. The Labute approximate surface area is 119 Å². The van der Waals surface area contributed by atoms with Crippen molar-refractivity contribution in [2.24, 2.45) is 0 Å². The fraction of sp³-hybridized carbons (Fsp3) is 0.667. The van der Waals surface area contributed by atoms with Gasteiger partial charge in [0.1, 0.15) is 5.75 Å². The van der Waals surface area contributed by atoms with Crippen LogP contribution >= 0.6 is 0 Å². The van der Waals surface area contributed by atoms with E-state index in [0.29, 0.717) is 23.5 Å². The minimum Gasteiger partial charge on any atom is -0.508 e. The Balaban J connectivity index is 3.36. The number of hydrogen-bond donors (Lipinski definition) is 1. The number of benzene rings is 1. The fourth-order valence-corrected chi connectivity index (χ4v) is 2.55. The van der Waals surface area contributed by atoms with Crippen LogP contribution in [0.5, 0.6) is 5.75 Å². The molecule has 0 bridgehead atoms. The van der Waals surface area contributed by atoms with Crippen molar-refractivity contribution in [1.82, 2.24) is 0 Å². The molecule has 3 unspecified atom stereocenters. The zero-order valence-electron chi connectivity index (χ0n) is 13.5. The maximum atomic E-state index is 10.3. The molecule has 0 fully saturated rings. The normalized spacial score (nSPS) is 16.1. The lowest BCUT2D eigenvalue weighted by Crippen LogP contribution is -2.05. The van der Waals surface area contributed by atoms with Crippen LogP contribution in [0.15, 0.2) is 12.1 Å². The van der Waals surface area contributed by atoms with Crippen LogP contribution in [0.1, 0.15) is 95.2 Å². The van der Waals surface area contributed by atoms with E-state index in [4.69, 9.17) is 0 Å². The highest BCUT2D eigenvalue weighted by Gasteiger charge is 2.19. The van der Waals surface area contributed by atoms with Crippen molar-refractivity contribution >= 4 is 0 Å². The van der Waals surface area contributed by atoms with Crippen molar-refractivity contribution in [2.75, 3.05) is 0 Å². The summed E-state index contributed by atoms with van der Waals surface area (Å²) in [7, 11) is 0. The van der Waals surface area contributed by atoms with Gasteiger partial charge in [-0.15, -0.1) is 0 Å². The largest absolute Gasteiger partial charge is 0.508 e. The lowest BCUT2D eigenvalue weighted by atomic mass is 9.83. The van der Waals surface area contributed by atoms with Gasteiger partial charge in [0.25, 0.3) is 0 Å². The number of hydrogen-bond acceptors (Lipinski definition) is 1. The lowest BCUT2D eigenvalue weighted by Gasteiger charge is -2.23. The molecule has 1 rings (SSSR count). The van der Waals surface area contributed by atoms with Crippen LogP contribution < -0.4 is 0 Å². The quantitative estimate of drug-likeness (QED) is 0.673. The smallest absolute Gasteiger partial charge is 0.119 e. The van der Waals surface area contributed by atoms with E-state index < -0.39 is 0 Å². The van der Waals surface area contributed by atoms with Gasteiger partial charge in [0.15, 0.2) is 0 Å². The second-order valence-electron chi connectivity index (χ2n) is 5.97. The van der Waals surface area contributed by atoms with Crippen molar-refractivity contribution in [3.63, 3.8) is 0 Å². The summed E-state index contributed by atoms with van der Waals surface area (Å²) in [5, 5.41) is 10.3. The van der Waals surface area contributed by atoms with Crippen LogP contribution in [0.25, 0.3) is 0 Å². The third-order valence-corrected chi connectivity index (χ3v) is 4.66. The highest BCUT2D eigenvalue weighted by Crippen LogP contribution is 2.38. The monoisotopic (exact) mass is 262 g/mol. The van der Waals surface area contributed by atoms with E-state index >= 15 is 0 Å². The molecule has 0 saturated carbocycles. The first kappa shape index (κ1) is 16.1. The first-order valence-electron chi connectivity index (χ1n) is 7.82. The molecule has 108 valence electrons. The second-order valence-corrected chi connectivity index (χ2v) is 5.97. The average molecular weight is 262 g/mol. The third kappa shape index (κ3) is 3.52. The van der Waals surface area contributed by atoms with Gasteiger partial charge in [-0.3, -0.25) is 0 Å². The van der Waals surface area contributed by atoms with Crippen LogP contribution in [0.4, 0.5) is 0 Å². The van der Waals surface area contributed by atoms with Crippen LogP contribution in [0, 0.1) is 0 Å². The molecule has 1 heteroatoms. The molecule has 1 aromatic rings. The summed E-state index contributed by atoms with van der Waals surface area (Å²) in [5.74, 6) is 1.98. The van der Waals surface area contributed by atoms with Crippen molar-refractivity contribution in [1.29, 1.82) is 0 Å². The van der Waals surface area contributed by atoms with E-state index in [1.165, 1.54) is 11.1 Å². The minimum absolute atomic E-state index is 0.425. The van der Waals surface area contributed by atoms with Gasteiger partial charge in [-0.05, 0) is 59.8 Å². The molecule has 0 aromatic heterocycles. The first-order chi connectivity index (χ1) is 8.96. The maximum Gasteiger partial charge on any atom is 0.119 e. The van der Waals surface area contributed by atoms with E-state index in [1.54, 1.807) is 0 Å². The highest BCUT2D eigenvalue weighted by atomic mass is 16.3. The number of aromatic hydroxyl groups is 1. The third-order valence-electron chi connectivity index (χ3n) is 4.66. The highest BCUT2D eigenvalue weighted by molar-refractivity contribution is 5.46. The average Bonchev–Trinajstić information content (AvgIpc) is 2.44. The molecule has 0 saturated heterocycles. The van der Waals surface area contributed by atoms with Gasteiger partial charge < -0.3 is 5.11 Å². The predicted octanol–water partition coefficient (Wildman–Crippen LogP) is 5.93. The Morgan fingerprint density at radius 1 is 0.737 bits per heavy atom. The van der Waals surface area contributed by atoms with Gasteiger partial charge in [0.2, 0.25) is 0 Å². The molecule has 0 spiro atoms. The van der Waals surface area contributed by atoms with Crippen LogP contribution in [-0.4, -0.2) is 5.11 Å². The van der Waals surface area contributed by atoms with Gasteiger partial charge >= 0.3 is 0 Å². The standard InChI is InChI=1S/C18H30O/c1-7-12(4)15-10-17(14(6)9-3)18(19)11-16(15)13(5)8-2/h10-14,19H,7-9H2,1-6H3. The Kier molecular flexibility index (Phi) is 5.90. The molecular formula is C18H30O. The zero-order chi connectivity index (χ0) is 14.6. The van der Waals surface area contributed by atoms with Crippen LogP contribution in [0.3, 0.4) is 0 Å². The van der Waals surface area contributed by atoms with Gasteiger partial charge in [0, 0.05) is 0 Å². The SMILES string of the molecule is CCC(C)c1cc(C(C)CC)c(C(C)CC)cc1O. The zero-order valence-corrected chi connectivity index (χ0v) is 13.5. The lowest BCUT2D eigenvalue weighted by molar-refractivity contribution is 0.459. The van der Waals surface area contributed by atoms with E-state index in [1.807, 2.05) is 6.07 Å². The molecule has 1 nitrogen and oxygen atoms in total. The van der Waals surface area contributed by atoms with Gasteiger partial charge in [0.05, 0.1) is 0 Å². The molecule has 0 heterocycles. The van der Waals surface area contributed by atoms with E-state index in [2.05, 4.69) is 47.6 Å². The summed E-state index contributed by atoms with van der Waals surface area (Å²) in [6, 6.07) is 4.29. The van der Waals surface area contributed by atoms with Crippen molar-refractivity contribution < 1.29 is 5.11 Å². The molecular weight excluding hydrogens is 232 g/mol. The summed E-state index contributed by atoms with van der Waals surface area (Å²) in [4.78, 5) is 0. The van der Waals surface area contributed by atoms with Gasteiger partial charge in [-0.1, -0.05) is 47.6 Å². The Hall–Kier alpha value is -0.980. The van der Waals surface area contributed by atoms with E-state index in [9.17, 15) is 5.11 Å². The molecule has 0 amide bonds. The van der Waals surface area contributed by atoms with Gasteiger partial charge in [-0.25, -0.2) is 0 Å². The molecule has 1 aromatic carbocycles. The number of phenolic OH excluding ortho intramolecular Hbond substituents is 1. The minimum atomic E-state index is 0.425. The maximum absolute atomic E-state index is 10.3. The van der Waals surface area contributed by atoms with E-state index in [0.717, 1.165) is 24.8 Å². The van der Waals surface area contributed by atoms with Crippen LogP contribution in [0.2, 0.25) is 0 Å². The van der Waals surface area contributed by atoms with Crippen molar-refractivity contribution in [2.45, 2.75) is 78.6 Å². The molecule has 19 heavy (non-hydrogen) atoms. The molecule has 1 N–H and O–H groups in total. The van der Waals surface area contributed by atoms with E-state index in [-0.39, 0.29) is 0 Å². The van der Waals surface area contributed by atoms with Crippen molar-refractivity contribution in [3.05, 3.63) is 28.8 Å². The predicted molar refractivity (Wildman–Crippen MR) is 84.2 cm³/mol. The van der Waals surface area contributed by atoms with Crippen LogP contribution in [-0.2, 0) is 0 Å². The molecule has 0 radical (unpaired) electrons. The Bertz CT molecular complexity index is 408. The number of rotatable bonds is 6. The molecule has 3 atom stereocenters. The summed E-state index contributed by atoms with van der Waals surface area (Å²) in [6.45, 7) is 13.4. The molecule has 0 aliphatic heterocycles. The fourth-order valence-electron chi connectivity index (χ4n) is 2.55. The summed E-state index contributed by atoms with van der Waals surface area (Å²) >= 11 is 0. The van der Waals surface area contributed by atoms with Crippen molar-refractivity contribution in [3.8, 4) is 5.75 Å². The topological polar surface area (TPSA) is 20.2 Å². The molecule has 0 aliphatic carbocycles. The van der Waals surface area contributed by atoms with Gasteiger partial charge in [-0.2, -0.15) is 0 Å². The Morgan fingerprint density at radius 2 is 1.11 bits per heavy atom.